The summed E-state index contributed by atoms with van der Waals surface area (Å²) < 4.78 is 7.67. The molecule has 3 aromatic carbocycles. The van der Waals surface area contributed by atoms with E-state index in [1.807, 2.05) is 67.6 Å². The van der Waals surface area contributed by atoms with Crippen molar-refractivity contribution in [3.8, 4) is 5.75 Å². The fourth-order valence-corrected chi connectivity index (χ4v) is 3.98. The Morgan fingerprint density at radius 3 is 2.54 bits per heavy atom. The maximum absolute atomic E-state index is 12.3. The quantitative estimate of drug-likeness (QED) is 0.339. The smallest absolute Gasteiger partial charge is 0.271 e. The summed E-state index contributed by atoms with van der Waals surface area (Å²) in [5.74, 6) is 0.399. The summed E-state index contributed by atoms with van der Waals surface area (Å²) in [6.07, 6.45) is 1.58. The molecular formula is C22H18Br2N2O2. The molecule has 0 heterocycles. The Hall–Kier alpha value is -2.44. The van der Waals surface area contributed by atoms with E-state index in [0.717, 1.165) is 25.6 Å². The van der Waals surface area contributed by atoms with E-state index in [2.05, 4.69) is 42.4 Å². The number of aryl methyl sites for hydroxylation is 1. The molecule has 0 saturated carbocycles. The van der Waals surface area contributed by atoms with Crippen molar-refractivity contribution in [3.63, 3.8) is 0 Å². The Morgan fingerprint density at radius 2 is 1.79 bits per heavy atom. The van der Waals surface area contributed by atoms with Crippen LogP contribution in [-0.4, -0.2) is 12.1 Å². The van der Waals surface area contributed by atoms with Crippen LogP contribution in [-0.2, 0) is 6.61 Å². The van der Waals surface area contributed by atoms with Crippen LogP contribution in [0.4, 0.5) is 0 Å². The van der Waals surface area contributed by atoms with E-state index in [0.29, 0.717) is 17.9 Å². The number of benzene rings is 3. The third-order valence-corrected chi connectivity index (χ3v) is 5.07. The number of hydrogen-bond acceptors (Lipinski definition) is 3. The highest BCUT2D eigenvalue weighted by Crippen LogP contribution is 2.32. The first-order valence-corrected chi connectivity index (χ1v) is 10.2. The minimum atomic E-state index is -0.254. The maximum atomic E-state index is 12.3. The van der Waals surface area contributed by atoms with Gasteiger partial charge in [0.15, 0.2) is 0 Å². The summed E-state index contributed by atoms with van der Waals surface area (Å²) >= 11 is 7.01. The van der Waals surface area contributed by atoms with Crippen molar-refractivity contribution in [2.24, 2.45) is 5.10 Å². The third kappa shape index (κ3) is 5.30. The molecule has 3 aromatic rings. The highest BCUT2D eigenvalue weighted by atomic mass is 79.9. The number of carbonyl (C=O) groups is 1. The molecule has 0 unspecified atom stereocenters. The Bertz CT molecular complexity index is 1000. The van der Waals surface area contributed by atoms with Gasteiger partial charge in [-0.3, -0.25) is 4.79 Å². The molecule has 0 aliphatic heterocycles. The third-order valence-electron chi connectivity index (χ3n) is 4.02. The molecule has 0 spiro atoms. The van der Waals surface area contributed by atoms with Gasteiger partial charge in [0.1, 0.15) is 12.4 Å². The SMILES string of the molecule is Cc1ccccc1C(=O)N/N=C/c1cc(Br)cc(Br)c1OCc1ccccc1. The summed E-state index contributed by atoms with van der Waals surface area (Å²) in [4.78, 5) is 12.3. The van der Waals surface area contributed by atoms with E-state index in [1.165, 1.54) is 0 Å². The molecule has 0 aliphatic rings. The van der Waals surface area contributed by atoms with Crippen molar-refractivity contribution in [2.75, 3.05) is 0 Å². The van der Waals surface area contributed by atoms with E-state index in [1.54, 1.807) is 12.3 Å². The van der Waals surface area contributed by atoms with Crippen LogP contribution >= 0.6 is 31.9 Å². The summed E-state index contributed by atoms with van der Waals surface area (Å²) in [5.41, 5.74) is 5.86. The first-order chi connectivity index (χ1) is 13.5. The number of hydrazone groups is 1. The number of nitrogens with one attached hydrogen (secondary N) is 1. The lowest BCUT2D eigenvalue weighted by Gasteiger charge is -2.12. The Balaban J connectivity index is 1.76. The second-order valence-electron chi connectivity index (χ2n) is 6.09. The van der Waals surface area contributed by atoms with Gasteiger partial charge in [0, 0.05) is 15.6 Å². The van der Waals surface area contributed by atoms with Crippen LogP contribution in [0.2, 0.25) is 0 Å². The second kappa shape index (κ2) is 9.66. The standard InChI is InChI=1S/C22H18Br2N2O2/c1-15-7-5-6-10-19(15)22(27)26-25-13-17-11-18(23)12-20(24)21(17)28-14-16-8-3-2-4-9-16/h2-13H,14H2,1H3,(H,26,27)/b25-13+. The molecule has 4 nitrogen and oxygen atoms in total. The van der Waals surface area contributed by atoms with Gasteiger partial charge in [-0.2, -0.15) is 5.10 Å². The van der Waals surface area contributed by atoms with Crippen molar-refractivity contribution in [1.29, 1.82) is 0 Å². The van der Waals surface area contributed by atoms with Crippen LogP contribution in [0.3, 0.4) is 0 Å². The zero-order chi connectivity index (χ0) is 19.9. The molecule has 0 aromatic heterocycles. The highest BCUT2D eigenvalue weighted by molar-refractivity contribution is 9.11. The fraction of sp³-hybridized carbons (Fsp3) is 0.0909. The van der Waals surface area contributed by atoms with Gasteiger partial charge >= 0.3 is 0 Å². The molecule has 1 N–H and O–H groups in total. The van der Waals surface area contributed by atoms with Crippen LogP contribution in [0.15, 0.2) is 80.8 Å². The van der Waals surface area contributed by atoms with Gasteiger partial charge in [0.05, 0.1) is 10.7 Å². The topological polar surface area (TPSA) is 50.7 Å². The van der Waals surface area contributed by atoms with Crippen LogP contribution in [0.25, 0.3) is 0 Å². The number of hydrogen-bond donors (Lipinski definition) is 1. The van der Waals surface area contributed by atoms with Gasteiger partial charge in [-0.25, -0.2) is 5.43 Å². The molecule has 3 rings (SSSR count). The van der Waals surface area contributed by atoms with Crippen molar-refractivity contribution >= 4 is 44.0 Å². The van der Waals surface area contributed by atoms with E-state index in [9.17, 15) is 4.79 Å². The molecular weight excluding hydrogens is 484 g/mol. The normalized spacial score (nSPS) is 10.8. The molecule has 0 bridgehead atoms. The number of ether oxygens (including phenoxy) is 1. The largest absolute Gasteiger partial charge is 0.487 e. The highest BCUT2D eigenvalue weighted by Gasteiger charge is 2.10. The number of amides is 1. The predicted molar refractivity (Wildman–Crippen MR) is 119 cm³/mol. The number of rotatable bonds is 6. The average Bonchev–Trinajstić information content (AvgIpc) is 2.68. The van der Waals surface area contributed by atoms with E-state index in [-0.39, 0.29) is 5.91 Å². The van der Waals surface area contributed by atoms with Gasteiger partial charge in [-0.1, -0.05) is 64.5 Å². The van der Waals surface area contributed by atoms with Crippen LogP contribution < -0.4 is 10.2 Å². The molecule has 0 radical (unpaired) electrons. The van der Waals surface area contributed by atoms with Crippen LogP contribution in [0.5, 0.6) is 5.75 Å². The van der Waals surface area contributed by atoms with Crippen molar-refractivity contribution < 1.29 is 9.53 Å². The molecule has 142 valence electrons. The van der Waals surface area contributed by atoms with Crippen molar-refractivity contribution in [1.82, 2.24) is 5.43 Å². The molecule has 6 heteroatoms. The summed E-state index contributed by atoms with van der Waals surface area (Å²) in [6.45, 7) is 2.32. The molecule has 28 heavy (non-hydrogen) atoms. The van der Waals surface area contributed by atoms with Crippen LogP contribution in [0.1, 0.15) is 27.0 Å². The summed E-state index contributed by atoms with van der Waals surface area (Å²) in [5, 5.41) is 4.11. The molecule has 1 amide bonds. The molecule has 0 atom stereocenters. The van der Waals surface area contributed by atoms with E-state index < -0.39 is 0 Å². The number of nitrogens with zero attached hydrogens (tertiary/aromatic N) is 1. The van der Waals surface area contributed by atoms with Gasteiger partial charge in [0.25, 0.3) is 5.91 Å². The Labute approximate surface area is 180 Å². The van der Waals surface area contributed by atoms with Gasteiger partial charge in [-0.05, 0) is 52.2 Å². The van der Waals surface area contributed by atoms with Crippen molar-refractivity contribution in [3.05, 3.63) is 97.9 Å². The lowest BCUT2D eigenvalue weighted by molar-refractivity contribution is 0.0954. The number of halogens is 2. The predicted octanol–water partition coefficient (Wildman–Crippen LogP) is 5.86. The second-order valence-corrected chi connectivity index (χ2v) is 7.86. The Morgan fingerprint density at radius 1 is 1.07 bits per heavy atom. The van der Waals surface area contributed by atoms with Crippen molar-refractivity contribution in [2.45, 2.75) is 13.5 Å². The lowest BCUT2D eigenvalue weighted by atomic mass is 10.1. The monoisotopic (exact) mass is 500 g/mol. The minimum absolute atomic E-state index is 0.254. The molecule has 0 aliphatic carbocycles. The fourth-order valence-electron chi connectivity index (χ4n) is 2.61. The first-order valence-electron chi connectivity index (χ1n) is 8.59. The maximum Gasteiger partial charge on any atom is 0.271 e. The van der Waals surface area contributed by atoms with E-state index >= 15 is 0 Å². The van der Waals surface area contributed by atoms with Gasteiger partial charge < -0.3 is 4.74 Å². The Kier molecular flexibility index (Phi) is 7.01. The minimum Gasteiger partial charge on any atom is -0.487 e. The zero-order valence-corrected chi connectivity index (χ0v) is 18.3. The van der Waals surface area contributed by atoms with E-state index in [4.69, 9.17) is 4.74 Å². The average molecular weight is 502 g/mol. The summed E-state index contributed by atoms with van der Waals surface area (Å²) in [7, 11) is 0. The van der Waals surface area contributed by atoms with Gasteiger partial charge in [-0.15, -0.1) is 0 Å². The summed E-state index contributed by atoms with van der Waals surface area (Å²) in [6, 6.07) is 21.1. The van der Waals surface area contributed by atoms with Crippen LogP contribution in [0, 0.1) is 6.92 Å². The zero-order valence-electron chi connectivity index (χ0n) is 15.2. The molecule has 0 saturated heterocycles. The first kappa shape index (κ1) is 20.3. The number of carbonyl (C=O) groups excluding carboxylic acids is 1. The molecule has 0 fully saturated rings. The lowest BCUT2D eigenvalue weighted by Crippen LogP contribution is -2.18. The van der Waals surface area contributed by atoms with Gasteiger partial charge in [0.2, 0.25) is 0 Å².